The number of thioether (sulfide) groups is 1. The number of nitrogens with one attached hydrogen (secondary N) is 1. The van der Waals surface area contributed by atoms with Crippen LogP contribution in [0.3, 0.4) is 0 Å². The molecule has 0 saturated heterocycles. The van der Waals surface area contributed by atoms with Gasteiger partial charge in [-0.05, 0) is 31.5 Å². The van der Waals surface area contributed by atoms with Crippen LogP contribution >= 0.6 is 11.8 Å². The van der Waals surface area contributed by atoms with Gasteiger partial charge in [-0.1, -0.05) is 23.9 Å². The van der Waals surface area contributed by atoms with Crippen molar-refractivity contribution in [3.8, 4) is 0 Å². The Morgan fingerprint density at radius 3 is 2.79 bits per heavy atom. The van der Waals surface area contributed by atoms with Crippen LogP contribution in [0.2, 0.25) is 0 Å². The molecule has 0 aliphatic carbocycles. The first kappa shape index (κ1) is 13.6. The topological polar surface area (TPSA) is 59.8 Å². The van der Waals surface area contributed by atoms with Crippen LogP contribution in [0.25, 0.3) is 0 Å². The Bertz CT molecular complexity index is 594. The SMILES string of the molecule is Cc1cccc(NC(=O)CSc2nnc(C)n2C)c1. The van der Waals surface area contributed by atoms with E-state index >= 15 is 0 Å². The monoisotopic (exact) mass is 276 g/mol. The molecule has 0 saturated carbocycles. The number of nitrogens with zero attached hydrogens (tertiary/aromatic N) is 3. The van der Waals surface area contributed by atoms with E-state index in [9.17, 15) is 4.79 Å². The van der Waals surface area contributed by atoms with Crippen LogP contribution in [0.1, 0.15) is 11.4 Å². The van der Waals surface area contributed by atoms with Gasteiger partial charge in [-0.2, -0.15) is 0 Å². The predicted molar refractivity (Wildman–Crippen MR) is 76.3 cm³/mol. The molecule has 1 N–H and O–H groups in total. The lowest BCUT2D eigenvalue weighted by atomic mass is 10.2. The summed E-state index contributed by atoms with van der Waals surface area (Å²) < 4.78 is 1.87. The molecule has 2 rings (SSSR count). The first-order valence-corrected chi connectivity index (χ1v) is 6.90. The quantitative estimate of drug-likeness (QED) is 0.869. The van der Waals surface area contributed by atoms with E-state index in [-0.39, 0.29) is 5.91 Å². The fraction of sp³-hybridized carbons (Fsp3) is 0.308. The molecule has 100 valence electrons. The molecule has 5 nitrogen and oxygen atoms in total. The average Bonchev–Trinajstić information content (AvgIpc) is 2.68. The molecular formula is C13H16N4OS. The largest absolute Gasteiger partial charge is 0.325 e. The first-order valence-electron chi connectivity index (χ1n) is 5.91. The summed E-state index contributed by atoms with van der Waals surface area (Å²) in [7, 11) is 1.89. The number of carbonyl (C=O) groups is 1. The standard InChI is InChI=1S/C13H16N4OS/c1-9-5-4-6-11(7-9)14-12(18)8-19-13-16-15-10(2)17(13)3/h4-7H,8H2,1-3H3,(H,14,18). The number of carbonyl (C=O) groups excluding carboxylic acids is 1. The minimum atomic E-state index is -0.0451. The molecule has 1 amide bonds. The normalized spacial score (nSPS) is 10.5. The summed E-state index contributed by atoms with van der Waals surface area (Å²) >= 11 is 1.38. The van der Waals surface area contributed by atoms with Crippen molar-refractivity contribution in [2.45, 2.75) is 19.0 Å². The second-order valence-electron chi connectivity index (χ2n) is 4.30. The van der Waals surface area contributed by atoms with Gasteiger partial charge in [0.1, 0.15) is 5.82 Å². The molecule has 19 heavy (non-hydrogen) atoms. The first-order chi connectivity index (χ1) is 9.06. The summed E-state index contributed by atoms with van der Waals surface area (Å²) in [5.74, 6) is 1.11. The number of aryl methyl sites for hydroxylation is 2. The second kappa shape index (κ2) is 5.88. The molecule has 0 bridgehead atoms. The van der Waals surface area contributed by atoms with Crippen molar-refractivity contribution >= 4 is 23.4 Å². The fourth-order valence-electron chi connectivity index (χ4n) is 1.56. The van der Waals surface area contributed by atoms with Gasteiger partial charge in [0.25, 0.3) is 0 Å². The summed E-state index contributed by atoms with van der Waals surface area (Å²) in [6.45, 7) is 3.87. The highest BCUT2D eigenvalue weighted by Crippen LogP contribution is 2.16. The van der Waals surface area contributed by atoms with Crippen molar-refractivity contribution in [3.63, 3.8) is 0 Å². The van der Waals surface area contributed by atoms with Gasteiger partial charge in [0, 0.05) is 12.7 Å². The molecule has 0 spiro atoms. The third kappa shape index (κ3) is 3.57. The highest BCUT2D eigenvalue weighted by Gasteiger charge is 2.09. The summed E-state index contributed by atoms with van der Waals surface area (Å²) in [4.78, 5) is 11.8. The van der Waals surface area contributed by atoms with Gasteiger partial charge in [-0.25, -0.2) is 0 Å². The Kier molecular flexibility index (Phi) is 4.21. The van der Waals surface area contributed by atoms with Crippen molar-refractivity contribution in [2.24, 2.45) is 7.05 Å². The molecular weight excluding hydrogens is 260 g/mol. The third-order valence-electron chi connectivity index (χ3n) is 2.69. The highest BCUT2D eigenvalue weighted by atomic mass is 32.2. The summed E-state index contributed by atoms with van der Waals surface area (Å²) in [6.07, 6.45) is 0. The van der Waals surface area contributed by atoms with E-state index in [0.29, 0.717) is 5.75 Å². The minimum Gasteiger partial charge on any atom is -0.325 e. The van der Waals surface area contributed by atoms with Crippen LogP contribution in [0.5, 0.6) is 0 Å². The van der Waals surface area contributed by atoms with E-state index in [1.165, 1.54) is 11.8 Å². The summed E-state index contributed by atoms with van der Waals surface area (Å²) in [5, 5.41) is 11.6. The molecule has 0 aliphatic rings. The molecule has 0 unspecified atom stereocenters. The third-order valence-corrected chi connectivity index (χ3v) is 3.71. The number of anilines is 1. The van der Waals surface area contributed by atoms with E-state index in [1.807, 2.05) is 49.7 Å². The molecule has 1 aromatic heterocycles. The lowest BCUT2D eigenvalue weighted by Crippen LogP contribution is -2.14. The highest BCUT2D eigenvalue weighted by molar-refractivity contribution is 7.99. The fourth-order valence-corrected chi connectivity index (χ4v) is 2.32. The van der Waals surface area contributed by atoms with Crippen molar-refractivity contribution < 1.29 is 4.79 Å². The number of amides is 1. The van der Waals surface area contributed by atoms with Crippen LogP contribution in [0.15, 0.2) is 29.4 Å². The summed E-state index contributed by atoms with van der Waals surface area (Å²) in [6, 6.07) is 7.73. The predicted octanol–water partition coefficient (Wildman–Crippen LogP) is 2.16. The number of benzene rings is 1. The Labute approximate surface area is 116 Å². The van der Waals surface area contributed by atoms with Gasteiger partial charge >= 0.3 is 0 Å². The van der Waals surface area contributed by atoms with Crippen LogP contribution in [-0.4, -0.2) is 26.4 Å². The van der Waals surface area contributed by atoms with Gasteiger partial charge in [0.2, 0.25) is 5.91 Å². The van der Waals surface area contributed by atoms with Crippen molar-refractivity contribution in [2.75, 3.05) is 11.1 Å². The smallest absolute Gasteiger partial charge is 0.234 e. The molecule has 0 aliphatic heterocycles. The van der Waals surface area contributed by atoms with E-state index in [1.54, 1.807) is 0 Å². The van der Waals surface area contributed by atoms with E-state index in [0.717, 1.165) is 22.2 Å². The number of hydrogen-bond acceptors (Lipinski definition) is 4. The maximum absolute atomic E-state index is 11.8. The Morgan fingerprint density at radius 2 is 2.16 bits per heavy atom. The second-order valence-corrected chi connectivity index (χ2v) is 5.24. The van der Waals surface area contributed by atoms with Crippen LogP contribution < -0.4 is 5.32 Å². The van der Waals surface area contributed by atoms with Gasteiger partial charge in [-0.3, -0.25) is 4.79 Å². The maximum Gasteiger partial charge on any atom is 0.234 e. The van der Waals surface area contributed by atoms with Crippen LogP contribution in [-0.2, 0) is 11.8 Å². The van der Waals surface area contributed by atoms with Crippen molar-refractivity contribution in [3.05, 3.63) is 35.7 Å². The van der Waals surface area contributed by atoms with E-state index < -0.39 is 0 Å². The Morgan fingerprint density at radius 1 is 1.37 bits per heavy atom. The zero-order valence-corrected chi connectivity index (χ0v) is 12.0. The van der Waals surface area contributed by atoms with Crippen molar-refractivity contribution in [1.82, 2.24) is 14.8 Å². The number of aromatic nitrogens is 3. The van der Waals surface area contributed by atoms with Gasteiger partial charge in [0.05, 0.1) is 5.75 Å². The number of hydrogen-bond donors (Lipinski definition) is 1. The Balaban J connectivity index is 1.90. The van der Waals surface area contributed by atoms with Gasteiger partial charge < -0.3 is 9.88 Å². The Hall–Kier alpha value is -1.82. The van der Waals surface area contributed by atoms with Crippen molar-refractivity contribution in [1.29, 1.82) is 0 Å². The molecule has 1 aromatic carbocycles. The molecule has 2 aromatic rings. The van der Waals surface area contributed by atoms with E-state index in [4.69, 9.17) is 0 Å². The maximum atomic E-state index is 11.8. The average molecular weight is 276 g/mol. The zero-order chi connectivity index (χ0) is 13.8. The van der Waals surface area contributed by atoms with E-state index in [2.05, 4.69) is 15.5 Å². The molecule has 0 atom stereocenters. The minimum absolute atomic E-state index is 0.0451. The molecule has 6 heteroatoms. The van der Waals surface area contributed by atoms with Crippen LogP contribution in [0.4, 0.5) is 5.69 Å². The molecule has 1 heterocycles. The van der Waals surface area contributed by atoms with Crippen LogP contribution in [0, 0.1) is 13.8 Å². The lowest BCUT2D eigenvalue weighted by molar-refractivity contribution is -0.113. The molecule has 0 radical (unpaired) electrons. The lowest BCUT2D eigenvalue weighted by Gasteiger charge is -2.05. The molecule has 0 fully saturated rings. The van der Waals surface area contributed by atoms with Gasteiger partial charge in [-0.15, -0.1) is 10.2 Å². The van der Waals surface area contributed by atoms with Gasteiger partial charge in [0.15, 0.2) is 5.16 Å². The zero-order valence-electron chi connectivity index (χ0n) is 11.2. The summed E-state index contributed by atoms with van der Waals surface area (Å²) in [5.41, 5.74) is 1.94. The number of rotatable bonds is 4.